The first kappa shape index (κ1) is 20.6. The molecule has 0 nitrogen and oxygen atoms in total. The highest BCUT2D eigenvalue weighted by atomic mass is 19.1. The average Bonchev–Trinajstić information content (AvgIpc) is 2.47. The van der Waals surface area contributed by atoms with Gasteiger partial charge in [0.15, 0.2) is 0 Å². The van der Waals surface area contributed by atoms with Crippen LogP contribution in [0.4, 0.5) is 8.78 Å². The van der Waals surface area contributed by atoms with E-state index in [1.165, 1.54) is 24.3 Å². The Kier molecular flexibility index (Phi) is 14.1. The molecule has 0 aliphatic carbocycles. The molecule has 0 aliphatic heterocycles. The molecule has 0 N–H and O–H groups in total. The molecule has 2 rings (SSSR count). The Labute approximate surface area is 122 Å². The van der Waals surface area contributed by atoms with Crippen LogP contribution in [-0.2, 0) is 0 Å². The molecular formula is C18H26F2. The van der Waals surface area contributed by atoms with E-state index >= 15 is 0 Å². The molecular weight excluding hydrogens is 254 g/mol. The zero-order valence-corrected chi connectivity index (χ0v) is 13.4. The van der Waals surface area contributed by atoms with Gasteiger partial charge in [0.05, 0.1) is 0 Å². The lowest BCUT2D eigenvalue weighted by Crippen LogP contribution is -1.72. The highest BCUT2D eigenvalue weighted by Gasteiger charge is 1.85. The van der Waals surface area contributed by atoms with Gasteiger partial charge in [-0.2, -0.15) is 0 Å². The lowest BCUT2D eigenvalue weighted by molar-refractivity contribution is 0.626. The molecule has 0 heterocycles. The Morgan fingerprint density at radius 1 is 0.600 bits per heavy atom. The monoisotopic (exact) mass is 280 g/mol. The first-order chi connectivity index (χ1) is 9.58. The highest BCUT2D eigenvalue weighted by Crippen LogP contribution is 2.00. The Balaban J connectivity index is 0. The van der Waals surface area contributed by atoms with Gasteiger partial charge in [0.25, 0.3) is 0 Å². The maximum atomic E-state index is 12.2. The Morgan fingerprint density at radius 3 is 1.40 bits per heavy atom. The van der Waals surface area contributed by atoms with Gasteiger partial charge in [0, 0.05) is 0 Å². The summed E-state index contributed by atoms with van der Waals surface area (Å²) in [5.41, 5.74) is 2.05. The van der Waals surface area contributed by atoms with E-state index in [-0.39, 0.29) is 11.6 Å². The SMILES string of the molecule is CC.CC.Cc1ccc(F)cc1.Cc1cccc(F)c1. The van der Waals surface area contributed by atoms with Gasteiger partial charge in [-0.3, -0.25) is 0 Å². The Hall–Kier alpha value is -1.70. The van der Waals surface area contributed by atoms with Crippen LogP contribution in [0, 0.1) is 25.5 Å². The fourth-order valence-corrected chi connectivity index (χ4v) is 1.14. The van der Waals surface area contributed by atoms with Gasteiger partial charge in [0.1, 0.15) is 11.6 Å². The third kappa shape index (κ3) is 11.4. The molecule has 0 spiro atoms. The van der Waals surface area contributed by atoms with Gasteiger partial charge in [0.2, 0.25) is 0 Å². The van der Waals surface area contributed by atoms with Crippen LogP contribution in [0.3, 0.4) is 0 Å². The second-order valence-electron chi connectivity index (χ2n) is 3.59. The van der Waals surface area contributed by atoms with Crippen molar-refractivity contribution in [3.05, 3.63) is 71.3 Å². The van der Waals surface area contributed by atoms with Crippen LogP contribution in [0.15, 0.2) is 48.5 Å². The first-order valence-electron chi connectivity index (χ1n) is 7.02. The van der Waals surface area contributed by atoms with E-state index in [9.17, 15) is 8.78 Å². The Bertz CT molecular complexity index is 395. The smallest absolute Gasteiger partial charge is 0.123 e. The first-order valence-corrected chi connectivity index (χ1v) is 7.02. The van der Waals surface area contributed by atoms with Crippen LogP contribution in [0.1, 0.15) is 38.8 Å². The van der Waals surface area contributed by atoms with Crippen molar-refractivity contribution in [3.8, 4) is 0 Å². The van der Waals surface area contributed by atoms with E-state index in [1.807, 2.05) is 47.6 Å². The van der Waals surface area contributed by atoms with E-state index in [4.69, 9.17) is 0 Å². The summed E-state index contributed by atoms with van der Waals surface area (Å²) >= 11 is 0. The lowest BCUT2D eigenvalue weighted by atomic mass is 10.2. The summed E-state index contributed by atoms with van der Waals surface area (Å²) in [6.45, 7) is 11.8. The Morgan fingerprint density at radius 2 is 1.10 bits per heavy atom. The summed E-state index contributed by atoms with van der Waals surface area (Å²) in [5, 5.41) is 0. The van der Waals surface area contributed by atoms with E-state index in [0.717, 1.165) is 11.1 Å². The summed E-state index contributed by atoms with van der Waals surface area (Å²) in [6.07, 6.45) is 0. The lowest BCUT2D eigenvalue weighted by Gasteiger charge is -1.87. The average molecular weight is 280 g/mol. The van der Waals surface area contributed by atoms with Crippen LogP contribution in [0.2, 0.25) is 0 Å². The van der Waals surface area contributed by atoms with Gasteiger partial charge in [-0.05, 0) is 43.7 Å². The van der Waals surface area contributed by atoms with Gasteiger partial charge in [-0.15, -0.1) is 0 Å². The molecule has 0 bridgehead atoms. The zero-order chi connectivity index (χ0) is 16.0. The second-order valence-corrected chi connectivity index (χ2v) is 3.59. The fourth-order valence-electron chi connectivity index (χ4n) is 1.14. The third-order valence-corrected chi connectivity index (χ3v) is 1.99. The van der Waals surface area contributed by atoms with Crippen LogP contribution in [0.5, 0.6) is 0 Å². The van der Waals surface area contributed by atoms with Crippen molar-refractivity contribution in [2.24, 2.45) is 0 Å². The van der Waals surface area contributed by atoms with Crippen LogP contribution >= 0.6 is 0 Å². The minimum absolute atomic E-state index is 0.162. The number of benzene rings is 2. The molecule has 2 aromatic carbocycles. The van der Waals surface area contributed by atoms with Gasteiger partial charge in [-0.25, -0.2) is 8.78 Å². The molecule has 0 fully saturated rings. The summed E-state index contributed by atoms with van der Waals surface area (Å²) in [4.78, 5) is 0. The molecule has 0 aliphatic rings. The van der Waals surface area contributed by atoms with E-state index < -0.39 is 0 Å². The molecule has 0 saturated heterocycles. The number of hydrogen-bond donors (Lipinski definition) is 0. The molecule has 112 valence electrons. The quantitative estimate of drug-likeness (QED) is 0.529. The molecule has 2 heteroatoms. The maximum absolute atomic E-state index is 12.2. The van der Waals surface area contributed by atoms with Crippen LogP contribution in [-0.4, -0.2) is 0 Å². The molecule has 0 atom stereocenters. The van der Waals surface area contributed by atoms with E-state index in [2.05, 4.69) is 0 Å². The van der Waals surface area contributed by atoms with Gasteiger partial charge >= 0.3 is 0 Å². The summed E-state index contributed by atoms with van der Waals surface area (Å²) in [6, 6.07) is 12.9. The molecule has 0 aromatic heterocycles. The molecule has 2 aromatic rings. The van der Waals surface area contributed by atoms with Crippen LogP contribution in [0.25, 0.3) is 0 Å². The molecule has 0 unspecified atom stereocenters. The number of rotatable bonds is 0. The maximum Gasteiger partial charge on any atom is 0.123 e. The van der Waals surface area contributed by atoms with Gasteiger partial charge < -0.3 is 0 Å². The standard InChI is InChI=1S/2C7H7F.2C2H6/c1-6-2-4-7(8)5-3-6;1-6-3-2-4-7(8)5-6;2*1-2/h2*2-5H,1H3;2*1-2H3. The van der Waals surface area contributed by atoms with Crippen molar-refractivity contribution < 1.29 is 8.78 Å². The molecule has 0 saturated carbocycles. The molecule has 20 heavy (non-hydrogen) atoms. The summed E-state index contributed by atoms with van der Waals surface area (Å²) in [7, 11) is 0. The van der Waals surface area contributed by atoms with Crippen LogP contribution < -0.4 is 0 Å². The van der Waals surface area contributed by atoms with Crippen molar-refractivity contribution >= 4 is 0 Å². The minimum atomic E-state index is -0.171. The van der Waals surface area contributed by atoms with Crippen molar-refractivity contribution in [2.75, 3.05) is 0 Å². The van der Waals surface area contributed by atoms with Crippen molar-refractivity contribution in [1.82, 2.24) is 0 Å². The largest absolute Gasteiger partial charge is 0.207 e. The number of hydrogen-bond acceptors (Lipinski definition) is 0. The van der Waals surface area contributed by atoms with Crippen molar-refractivity contribution in [3.63, 3.8) is 0 Å². The third-order valence-electron chi connectivity index (χ3n) is 1.99. The zero-order valence-electron chi connectivity index (χ0n) is 13.4. The summed E-state index contributed by atoms with van der Waals surface area (Å²) < 4.78 is 24.3. The summed E-state index contributed by atoms with van der Waals surface area (Å²) in [5.74, 6) is -0.333. The topological polar surface area (TPSA) is 0 Å². The fraction of sp³-hybridized carbons (Fsp3) is 0.333. The van der Waals surface area contributed by atoms with Gasteiger partial charge in [-0.1, -0.05) is 57.5 Å². The van der Waals surface area contributed by atoms with Crippen molar-refractivity contribution in [2.45, 2.75) is 41.5 Å². The highest BCUT2D eigenvalue weighted by molar-refractivity contribution is 5.14. The molecule has 0 amide bonds. The predicted molar refractivity (Wildman–Crippen MR) is 85.0 cm³/mol. The van der Waals surface area contributed by atoms with Crippen molar-refractivity contribution in [1.29, 1.82) is 0 Å². The molecule has 0 radical (unpaired) electrons. The minimum Gasteiger partial charge on any atom is -0.207 e. The van der Waals surface area contributed by atoms with E-state index in [0.29, 0.717) is 0 Å². The van der Waals surface area contributed by atoms with E-state index in [1.54, 1.807) is 18.2 Å². The number of halogens is 2. The predicted octanol–water partition coefficient (Wildman–Crippen LogP) is 6.32. The normalized spacial score (nSPS) is 8.00. The number of aryl methyl sites for hydroxylation is 2. The second kappa shape index (κ2) is 13.7.